The summed E-state index contributed by atoms with van der Waals surface area (Å²) < 4.78 is 37.0. The Morgan fingerprint density at radius 3 is 2.27 bits per heavy atom. The average Bonchev–Trinajstić information content (AvgIpc) is 2.46. The number of ether oxygens (including phenoxy) is 2. The lowest BCUT2D eigenvalue weighted by molar-refractivity contribution is -0.143. The van der Waals surface area contributed by atoms with Crippen molar-refractivity contribution in [2.45, 2.75) is 38.1 Å². The first-order chi connectivity index (χ1) is 10.3. The van der Waals surface area contributed by atoms with Crippen LogP contribution in [0.4, 0.5) is 0 Å². The average molecular weight is 329 g/mol. The van der Waals surface area contributed by atoms with E-state index in [4.69, 9.17) is 4.74 Å². The molecule has 22 heavy (non-hydrogen) atoms. The van der Waals surface area contributed by atoms with Gasteiger partial charge in [-0.2, -0.15) is 4.72 Å². The van der Waals surface area contributed by atoms with Crippen molar-refractivity contribution >= 4 is 16.0 Å². The third-order valence-electron chi connectivity index (χ3n) is 2.94. The number of sulfonamides is 1. The fourth-order valence-corrected chi connectivity index (χ4v) is 3.14. The normalized spacial score (nSPS) is 13.0. The minimum Gasteiger partial charge on any atom is -0.494 e. The summed E-state index contributed by atoms with van der Waals surface area (Å²) in [5.74, 6) is 0.142. The Labute approximate surface area is 131 Å². The molecular weight excluding hydrogens is 306 g/mol. The second-order valence-corrected chi connectivity index (χ2v) is 6.94. The molecule has 0 saturated carbocycles. The van der Waals surface area contributed by atoms with Gasteiger partial charge in [0, 0.05) is 0 Å². The van der Waals surface area contributed by atoms with Gasteiger partial charge in [0.05, 0.1) is 18.6 Å². The van der Waals surface area contributed by atoms with Crippen molar-refractivity contribution in [3.05, 3.63) is 24.3 Å². The highest BCUT2D eigenvalue weighted by Gasteiger charge is 2.27. The Bertz CT molecular complexity index is 580. The highest BCUT2D eigenvalue weighted by atomic mass is 32.2. The zero-order valence-electron chi connectivity index (χ0n) is 13.3. The summed E-state index contributed by atoms with van der Waals surface area (Å²) >= 11 is 0. The van der Waals surface area contributed by atoms with Gasteiger partial charge in [-0.05, 0) is 43.5 Å². The second kappa shape index (κ2) is 8.14. The Balaban J connectivity index is 2.93. The molecule has 0 aliphatic rings. The number of nitrogens with one attached hydrogen (secondary N) is 1. The molecule has 0 aromatic heterocycles. The summed E-state index contributed by atoms with van der Waals surface area (Å²) in [4.78, 5) is 11.8. The van der Waals surface area contributed by atoms with Crippen LogP contribution in [0, 0.1) is 5.92 Å². The van der Waals surface area contributed by atoms with Gasteiger partial charge < -0.3 is 9.47 Å². The van der Waals surface area contributed by atoms with Gasteiger partial charge >= 0.3 is 5.97 Å². The molecule has 0 aliphatic heterocycles. The summed E-state index contributed by atoms with van der Waals surface area (Å²) in [5.41, 5.74) is 0. The van der Waals surface area contributed by atoms with Crippen LogP contribution in [0.5, 0.6) is 5.75 Å². The Hall–Kier alpha value is -1.60. The van der Waals surface area contributed by atoms with Crippen molar-refractivity contribution in [3.8, 4) is 5.75 Å². The van der Waals surface area contributed by atoms with Crippen molar-refractivity contribution in [2.24, 2.45) is 5.92 Å². The number of hydrogen-bond acceptors (Lipinski definition) is 5. The number of benzene rings is 1. The van der Waals surface area contributed by atoms with Gasteiger partial charge in [-0.3, -0.25) is 4.79 Å². The zero-order chi connectivity index (χ0) is 16.8. The van der Waals surface area contributed by atoms with E-state index in [0.29, 0.717) is 18.8 Å². The van der Waals surface area contributed by atoms with E-state index < -0.39 is 22.0 Å². The molecule has 1 atom stereocenters. The Morgan fingerprint density at radius 2 is 1.82 bits per heavy atom. The van der Waals surface area contributed by atoms with E-state index in [2.05, 4.69) is 9.46 Å². The van der Waals surface area contributed by atoms with Crippen LogP contribution in [0.1, 0.15) is 27.2 Å². The standard InChI is InChI=1S/C15H23NO5S/c1-5-21-12-6-8-13(9-7-12)22(18,19)16-14(10-11(2)3)15(17)20-4/h6-9,11,14,16H,5,10H2,1-4H3/t14-/m0/s1. The number of hydrogen-bond donors (Lipinski definition) is 1. The molecule has 0 saturated heterocycles. The number of carbonyl (C=O) groups excluding carboxylic acids is 1. The number of rotatable bonds is 8. The van der Waals surface area contributed by atoms with E-state index in [1.165, 1.54) is 19.2 Å². The first kappa shape index (κ1) is 18.4. The fourth-order valence-electron chi connectivity index (χ4n) is 1.94. The maximum absolute atomic E-state index is 12.4. The maximum Gasteiger partial charge on any atom is 0.323 e. The van der Waals surface area contributed by atoms with E-state index in [-0.39, 0.29) is 10.8 Å². The summed E-state index contributed by atoms with van der Waals surface area (Å²) in [6, 6.07) is 5.14. The second-order valence-electron chi connectivity index (χ2n) is 5.23. The van der Waals surface area contributed by atoms with Crippen molar-refractivity contribution in [1.29, 1.82) is 0 Å². The molecule has 0 unspecified atom stereocenters. The van der Waals surface area contributed by atoms with Crippen molar-refractivity contribution in [2.75, 3.05) is 13.7 Å². The molecule has 0 bridgehead atoms. The van der Waals surface area contributed by atoms with Gasteiger partial charge in [-0.15, -0.1) is 0 Å². The third kappa shape index (κ3) is 5.31. The lowest BCUT2D eigenvalue weighted by Crippen LogP contribution is -2.42. The predicted molar refractivity (Wildman–Crippen MR) is 83.2 cm³/mol. The molecule has 0 amide bonds. The monoisotopic (exact) mass is 329 g/mol. The molecular formula is C15H23NO5S. The van der Waals surface area contributed by atoms with Crippen molar-refractivity contribution < 1.29 is 22.7 Å². The van der Waals surface area contributed by atoms with Gasteiger partial charge in [0.25, 0.3) is 0 Å². The van der Waals surface area contributed by atoms with E-state index in [1.807, 2.05) is 20.8 Å². The van der Waals surface area contributed by atoms with E-state index >= 15 is 0 Å². The van der Waals surface area contributed by atoms with Crippen LogP contribution in [-0.2, 0) is 19.6 Å². The number of carbonyl (C=O) groups is 1. The quantitative estimate of drug-likeness (QED) is 0.737. The van der Waals surface area contributed by atoms with Gasteiger partial charge in [0.2, 0.25) is 10.0 Å². The van der Waals surface area contributed by atoms with Crippen LogP contribution in [-0.4, -0.2) is 34.1 Å². The van der Waals surface area contributed by atoms with Crippen LogP contribution < -0.4 is 9.46 Å². The number of methoxy groups -OCH3 is 1. The minimum absolute atomic E-state index is 0.0774. The molecule has 0 heterocycles. The number of esters is 1. The highest BCUT2D eigenvalue weighted by Crippen LogP contribution is 2.17. The van der Waals surface area contributed by atoms with Gasteiger partial charge in [-0.1, -0.05) is 13.8 Å². The summed E-state index contributed by atoms with van der Waals surface area (Å²) in [6.07, 6.45) is 0.364. The minimum atomic E-state index is -3.80. The summed E-state index contributed by atoms with van der Waals surface area (Å²) in [7, 11) is -2.56. The first-order valence-electron chi connectivity index (χ1n) is 7.13. The summed E-state index contributed by atoms with van der Waals surface area (Å²) in [5, 5.41) is 0. The molecule has 0 radical (unpaired) electrons. The SMILES string of the molecule is CCOc1ccc(S(=O)(=O)N[C@@H](CC(C)C)C(=O)OC)cc1. The molecule has 7 heteroatoms. The van der Waals surface area contributed by atoms with E-state index in [1.54, 1.807) is 12.1 Å². The van der Waals surface area contributed by atoms with Crippen molar-refractivity contribution in [1.82, 2.24) is 4.72 Å². The van der Waals surface area contributed by atoms with Gasteiger partial charge in [0.1, 0.15) is 11.8 Å². The lowest BCUT2D eigenvalue weighted by atomic mass is 10.1. The van der Waals surface area contributed by atoms with Crippen LogP contribution in [0.15, 0.2) is 29.2 Å². The summed E-state index contributed by atoms with van der Waals surface area (Å²) in [6.45, 7) is 6.16. The molecule has 0 aliphatic carbocycles. The molecule has 6 nitrogen and oxygen atoms in total. The van der Waals surface area contributed by atoms with Gasteiger partial charge in [-0.25, -0.2) is 8.42 Å². The molecule has 1 aromatic rings. The highest BCUT2D eigenvalue weighted by molar-refractivity contribution is 7.89. The smallest absolute Gasteiger partial charge is 0.323 e. The predicted octanol–water partition coefficient (Wildman–Crippen LogP) is 1.95. The lowest BCUT2D eigenvalue weighted by Gasteiger charge is -2.18. The van der Waals surface area contributed by atoms with E-state index in [0.717, 1.165) is 0 Å². The van der Waals surface area contributed by atoms with Crippen molar-refractivity contribution in [3.63, 3.8) is 0 Å². The molecule has 1 N–H and O–H groups in total. The largest absolute Gasteiger partial charge is 0.494 e. The molecule has 0 fully saturated rings. The van der Waals surface area contributed by atoms with Crippen LogP contribution in [0.2, 0.25) is 0 Å². The molecule has 1 aromatic carbocycles. The Kier molecular flexibility index (Phi) is 6.83. The van der Waals surface area contributed by atoms with Gasteiger partial charge in [0.15, 0.2) is 0 Å². The van der Waals surface area contributed by atoms with E-state index in [9.17, 15) is 13.2 Å². The molecule has 0 spiro atoms. The van der Waals surface area contributed by atoms with Crippen LogP contribution in [0.25, 0.3) is 0 Å². The van der Waals surface area contributed by atoms with Crippen LogP contribution >= 0.6 is 0 Å². The topological polar surface area (TPSA) is 81.7 Å². The fraction of sp³-hybridized carbons (Fsp3) is 0.533. The third-order valence-corrected chi connectivity index (χ3v) is 4.42. The Morgan fingerprint density at radius 1 is 1.23 bits per heavy atom. The first-order valence-corrected chi connectivity index (χ1v) is 8.61. The van der Waals surface area contributed by atoms with Crippen LogP contribution in [0.3, 0.4) is 0 Å². The molecule has 124 valence electrons. The maximum atomic E-state index is 12.4. The zero-order valence-corrected chi connectivity index (χ0v) is 14.1. The molecule has 1 rings (SSSR count).